The highest BCUT2D eigenvalue weighted by molar-refractivity contribution is 5.23. The van der Waals surface area contributed by atoms with Gasteiger partial charge in [0.25, 0.3) is 0 Å². The number of benzene rings is 1. The first-order valence-corrected chi connectivity index (χ1v) is 4.90. The molecule has 0 aromatic heterocycles. The van der Waals surface area contributed by atoms with Crippen LogP contribution in [0.4, 0.5) is 13.2 Å². The predicted octanol–water partition coefficient (Wildman–Crippen LogP) is 2.39. The van der Waals surface area contributed by atoms with Crippen LogP contribution in [0.5, 0.6) is 0 Å². The lowest BCUT2D eigenvalue weighted by Gasteiger charge is -2.12. The Bertz CT molecular complexity index is 386. The van der Waals surface area contributed by atoms with Crippen LogP contribution in [0.15, 0.2) is 12.1 Å². The fourth-order valence-electron chi connectivity index (χ4n) is 1.74. The highest BCUT2D eigenvalue weighted by atomic mass is 19.2. The molecule has 1 nitrogen and oxygen atoms in total. The van der Waals surface area contributed by atoms with E-state index < -0.39 is 17.5 Å². The number of halogens is 3. The van der Waals surface area contributed by atoms with Crippen molar-refractivity contribution < 1.29 is 13.2 Å². The molecule has 0 unspecified atom stereocenters. The minimum Gasteiger partial charge on any atom is -0.330 e. The molecule has 2 N–H and O–H groups in total. The standard InChI is InChI=1S/C11H12F3N/c12-8-2-1-7(9(13)10(8)14)5-11(6-15)3-4-11/h1-2H,3-6,15H2. The van der Waals surface area contributed by atoms with Gasteiger partial charge >= 0.3 is 0 Å². The maximum absolute atomic E-state index is 13.3. The Morgan fingerprint density at radius 2 is 1.80 bits per heavy atom. The summed E-state index contributed by atoms with van der Waals surface area (Å²) in [5.74, 6) is -3.61. The Morgan fingerprint density at radius 3 is 2.33 bits per heavy atom. The lowest BCUT2D eigenvalue weighted by atomic mass is 9.96. The average molecular weight is 215 g/mol. The molecule has 1 fully saturated rings. The molecule has 1 saturated carbocycles. The largest absolute Gasteiger partial charge is 0.330 e. The summed E-state index contributed by atoms with van der Waals surface area (Å²) in [6, 6.07) is 2.25. The second-order valence-corrected chi connectivity index (χ2v) is 4.22. The molecule has 1 aliphatic carbocycles. The molecule has 82 valence electrons. The van der Waals surface area contributed by atoms with Crippen LogP contribution in [0.25, 0.3) is 0 Å². The molecule has 4 heteroatoms. The highest BCUT2D eigenvalue weighted by Gasteiger charge is 2.41. The van der Waals surface area contributed by atoms with Gasteiger partial charge in [0.15, 0.2) is 17.5 Å². The highest BCUT2D eigenvalue weighted by Crippen LogP contribution is 2.47. The minimum absolute atomic E-state index is 0.0783. The monoisotopic (exact) mass is 215 g/mol. The lowest BCUT2D eigenvalue weighted by Crippen LogP contribution is -2.18. The van der Waals surface area contributed by atoms with E-state index in [2.05, 4.69) is 0 Å². The summed E-state index contributed by atoms with van der Waals surface area (Å²) >= 11 is 0. The molecule has 0 radical (unpaired) electrons. The van der Waals surface area contributed by atoms with E-state index in [0.29, 0.717) is 13.0 Å². The molecule has 0 heterocycles. The van der Waals surface area contributed by atoms with Crippen molar-refractivity contribution in [1.82, 2.24) is 0 Å². The molecular formula is C11H12F3N. The summed E-state index contributed by atoms with van der Waals surface area (Å²) in [6.07, 6.45) is 2.26. The first-order chi connectivity index (χ1) is 7.08. The van der Waals surface area contributed by atoms with Gasteiger partial charge in [0.2, 0.25) is 0 Å². The minimum atomic E-state index is -1.39. The summed E-state index contributed by atoms with van der Waals surface area (Å²) < 4.78 is 38.9. The lowest BCUT2D eigenvalue weighted by molar-refractivity contribution is 0.428. The van der Waals surface area contributed by atoms with Crippen molar-refractivity contribution >= 4 is 0 Å². The van der Waals surface area contributed by atoms with Crippen LogP contribution in [0.2, 0.25) is 0 Å². The summed E-state index contributed by atoms with van der Waals surface area (Å²) in [4.78, 5) is 0. The van der Waals surface area contributed by atoms with Crippen LogP contribution < -0.4 is 5.73 Å². The molecule has 2 rings (SSSR count). The topological polar surface area (TPSA) is 26.0 Å². The maximum Gasteiger partial charge on any atom is 0.194 e. The molecule has 0 aliphatic heterocycles. The number of hydrogen-bond donors (Lipinski definition) is 1. The van der Waals surface area contributed by atoms with Crippen molar-refractivity contribution in [2.24, 2.45) is 11.1 Å². The van der Waals surface area contributed by atoms with Crippen molar-refractivity contribution in [3.8, 4) is 0 Å². The van der Waals surface area contributed by atoms with Gasteiger partial charge in [-0.1, -0.05) is 6.07 Å². The molecule has 0 spiro atoms. The van der Waals surface area contributed by atoms with Gasteiger partial charge in [-0.05, 0) is 42.9 Å². The van der Waals surface area contributed by atoms with E-state index >= 15 is 0 Å². The van der Waals surface area contributed by atoms with E-state index in [-0.39, 0.29) is 11.0 Å². The Balaban J connectivity index is 2.26. The van der Waals surface area contributed by atoms with E-state index in [0.717, 1.165) is 18.9 Å². The smallest absolute Gasteiger partial charge is 0.194 e. The molecule has 0 atom stereocenters. The van der Waals surface area contributed by atoms with Gasteiger partial charge in [0.1, 0.15) is 0 Å². The summed E-state index contributed by atoms with van der Waals surface area (Å²) in [6.45, 7) is 0.464. The average Bonchev–Trinajstić information content (AvgIpc) is 3.00. The number of hydrogen-bond acceptors (Lipinski definition) is 1. The van der Waals surface area contributed by atoms with Crippen LogP contribution in [-0.4, -0.2) is 6.54 Å². The fraction of sp³-hybridized carbons (Fsp3) is 0.455. The second kappa shape index (κ2) is 3.52. The van der Waals surface area contributed by atoms with E-state index in [9.17, 15) is 13.2 Å². The number of rotatable bonds is 3. The Kier molecular flexibility index (Phi) is 2.46. The van der Waals surface area contributed by atoms with Crippen LogP contribution in [0.3, 0.4) is 0 Å². The van der Waals surface area contributed by atoms with Crippen LogP contribution >= 0.6 is 0 Å². The molecular weight excluding hydrogens is 203 g/mol. The van der Waals surface area contributed by atoms with Gasteiger partial charge < -0.3 is 5.73 Å². The van der Waals surface area contributed by atoms with Gasteiger partial charge in [-0.3, -0.25) is 0 Å². The van der Waals surface area contributed by atoms with Crippen LogP contribution in [0.1, 0.15) is 18.4 Å². The van der Waals surface area contributed by atoms with Gasteiger partial charge in [0, 0.05) is 0 Å². The van der Waals surface area contributed by atoms with Crippen molar-refractivity contribution in [3.63, 3.8) is 0 Å². The van der Waals surface area contributed by atoms with Crippen LogP contribution in [0, 0.1) is 22.9 Å². The van der Waals surface area contributed by atoms with Gasteiger partial charge in [-0.25, -0.2) is 13.2 Å². The fourth-order valence-corrected chi connectivity index (χ4v) is 1.74. The third kappa shape index (κ3) is 1.86. The Morgan fingerprint density at radius 1 is 1.13 bits per heavy atom. The maximum atomic E-state index is 13.3. The summed E-state index contributed by atoms with van der Waals surface area (Å²) in [5, 5.41) is 0. The van der Waals surface area contributed by atoms with E-state index in [1.807, 2.05) is 0 Å². The van der Waals surface area contributed by atoms with Crippen molar-refractivity contribution in [2.45, 2.75) is 19.3 Å². The third-order valence-electron chi connectivity index (χ3n) is 3.07. The summed E-state index contributed by atoms with van der Waals surface area (Å²) in [5.41, 5.74) is 5.69. The van der Waals surface area contributed by atoms with Gasteiger partial charge in [0.05, 0.1) is 0 Å². The molecule has 1 aliphatic rings. The predicted molar refractivity (Wildman–Crippen MR) is 50.7 cm³/mol. The second-order valence-electron chi connectivity index (χ2n) is 4.22. The normalized spacial score (nSPS) is 17.9. The quantitative estimate of drug-likeness (QED) is 0.770. The molecule has 0 bridgehead atoms. The SMILES string of the molecule is NCC1(Cc2ccc(F)c(F)c2F)CC1. The van der Waals surface area contributed by atoms with Crippen molar-refractivity contribution in [3.05, 3.63) is 35.1 Å². The first kappa shape index (κ1) is 10.5. The van der Waals surface area contributed by atoms with E-state index in [4.69, 9.17) is 5.73 Å². The Hall–Kier alpha value is -1.03. The molecule has 0 amide bonds. The van der Waals surface area contributed by atoms with Crippen molar-refractivity contribution in [1.29, 1.82) is 0 Å². The zero-order valence-corrected chi connectivity index (χ0v) is 8.19. The zero-order valence-electron chi connectivity index (χ0n) is 8.19. The van der Waals surface area contributed by atoms with Gasteiger partial charge in [-0.2, -0.15) is 0 Å². The van der Waals surface area contributed by atoms with Crippen molar-refractivity contribution in [2.75, 3.05) is 6.54 Å². The molecule has 1 aromatic rings. The number of nitrogens with two attached hydrogens (primary N) is 1. The first-order valence-electron chi connectivity index (χ1n) is 4.90. The molecule has 1 aromatic carbocycles. The van der Waals surface area contributed by atoms with Crippen LogP contribution in [-0.2, 0) is 6.42 Å². The Labute approximate surface area is 86.1 Å². The van der Waals surface area contributed by atoms with E-state index in [1.165, 1.54) is 6.07 Å². The van der Waals surface area contributed by atoms with E-state index in [1.54, 1.807) is 0 Å². The molecule has 0 saturated heterocycles. The van der Waals surface area contributed by atoms with Gasteiger partial charge in [-0.15, -0.1) is 0 Å². The third-order valence-corrected chi connectivity index (χ3v) is 3.07. The zero-order chi connectivity index (χ0) is 11.1. The summed E-state index contributed by atoms with van der Waals surface area (Å²) in [7, 11) is 0. The molecule has 15 heavy (non-hydrogen) atoms.